The monoisotopic (exact) mass is 1550 g/mol. The molecule has 47 nitrogen and oxygen atoms in total. The van der Waals surface area contributed by atoms with Gasteiger partial charge in [-0.05, 0) is 6.92 Å². The van der Waals surface area contributed by atoms with E-state index >= 15 is 0 Å². The van der Waals surface area contributed by atoms with Crippen molar-refractivity contribution in [2.45, 2.75) is 298 Å². The summed E-state index contributed by atoms with van der Waals surface area (Å²) in [7, 11) is 0. The van der Waals surface area contributed by atoms with Crippen molar-refractivity contribution in [1.29, 1.82) is 0 Å². The fourth-order valence-electron chi connectivity index (χ4n) is 13.7. The SMILES string of the molecule is CC(=O)N[C@@H]1[C@@H](O[C@@H]2O[C@@H](C)[C@@H](O)[C@@H](O)[C@@H]2O)[C@H](O[C@@H]2O[C@H](CO)[C@@H](O[C@@H]3O[C@H](CO[C@H]4O[C@H](CO)[C@@H](O)[C@H](O)[C@@H]4O[C@@H]4O[C@H](CO)[C@@H](O[C@@H]5O[C@H](CO)[C@H](O)[C@H](O)[C@H]5O)[C@H](O)[C@H]4NC(C)=O)[C@@H](O)[C@H](O[C@H]4O[C@H](CO)[C@@H](O)[C@H](O)[C@@H]4O)[C@@H]3O[C@@H]3OC[C@@H](O)[C@H](O)[C@H]3O)[C@H](O)[C@H]2NC(C)=O)[C@@H](CO)O[C@H]1O. The highest BCUT2D eigenvalue weighted by Crippen LogP contribution is 2.40. The molecule has 0 saturated carbocycles. The fraction of sp³-hybridized carbons (Fsp3) is 0.949. The van der Waals surface area contributed by atoms with Crippen molar-refractivity contribution in [1.82, 2.24) is 16.0 Å². The van der Waals surface area contributed by atoms with E-state index in [-0.39, 0.29) is 0 Å². The zero-order valence-electron chi connectivity index (χ0n) is 57.0. The molecule has 9 heterocycles. The maximum Gasteiger partial charge on any atom is 0.217 e. The second kappa shape index (κ2) is 37.6. The molecule has 3 amide bonds. The van der Waals surface area contributed by atoms with Gasteiger partial charge in [0.1, 0.15) is 207 Å². The van der Waals surface area contributed by atoms with E-state index in [0.717, 1.165) is 20.8 Å². The Morgan fingerprint density at radius 3 is 1.14 bits per heavy atom. The van der Waals surface area contributed by atoms with Crippen molar-refractivity contribution in [3.63, 3.8) is 0 Å². The second-order valence-corrected chi connectivity index (χ2v) is 27.0. The maximum atomic E-state index is 13.3. The number of aliphatic hydroxyl groups excluding tert-OH is 24. The van der Waals surface area contributed by atoms with Gasteiger partial charge in [-0.15, -0.1) is 0 Å². The highest BCUT2D eigenvalue weighted by atomic mass is 16.8. The summed E-state index contributed by atoms with van der Waals surface area (Å²) in [5.41, 5.74) is 0. The number of nitrogens with one attached hydrogen (secondary N) is 3. The number of rotatable bonds is 26. The van der Waals surface area contributed by atoms with Gasteiger partial charge in [-0.1, -0.05) is 0 Å². The largest absolute Gasteiger partial charge is 0.394 e. The van der Waals surface area contributed by atoms with Gasteiger partial charge in [-0.2, -0.15) is 0 Å². The molecule has 27 N–H and O–H groups in total. The van der Waals surface area contributed by atoms with Gasteiger partial charge in [-0.3, -0.25) is 14.4 Å². The Morgan fingerprint density at radius 1 is 0.302 bits per heavy atom. The number of hydrogen-bond donors (Lipinski definition) is 27. The average Bonchev–Trinajstić information content (AvgIpc) is 0.763. The van der Waals surface area contributed by atoms with Gasteiger partial charge < -0.3 is 219 Å². The highest BCUT2D eigenvalue weighted by molar-refractivity contribution is 5.74. The van der Waals surface area contributed by atoms with Crippen LogP contribution in [0.25, 0.3) is 0 Å². The molecule has 614 valence electrons. The lowest BCUT2D eigenvalue weighted by atomic mass is 9.93. The van der Waals surface area contributed by atoms with Gasteiger partial charge in [0.15, 0.2) is 56.6 Å². The molecule has 0 aromatic heterocycles. The van der Waals surface area contributed by atoms with Gasteiger partial charge in [0.05, 0.1) is 59.0 Å². The quantitative estimate of drug-likeness (QED) is 0.0382. The molecule has 9 rings (SSSR count). The Morgan fingerprint density at radius 2 is 0.660 bits per heavy atom. The third-order valence-electron chi connectivity index (χ3n) is 19.5. The van der Waals surface area contributed by atoms with Crippen molar-refractivity contribution in [3.8, 4) is 0 Å². The van der Waals surface area contributed by atoms with E-state index in [1.165, 1.54) is 6.92 Å². The van der Waals surface area contributed by atoms with Gasteiger partial charge in [0.2, 0.25) is 17.7 Å². The minimum atomic E-state index is -2.44. The van der Waals surface area contributed by atoms with Crippen LogP contribution >= 0.6 is 0 Å². The van der Waals surface area contributed by atoms with Crippen molar-refractivity contribution in [2.75, 3.05) is 52.9 Å². The average molecular weight is 1550 g/mol. The molecule has 9 aliphatic rings. The first kappa shape index (κ1) is 86.7. The van der Waals surface area contributed by atoms with Crippen LogP contribution in [0.4, 0.5) is 0 Å². The molecule has 9 fully saturated rings. The highest BCUT2D eigenvalue weighted by Gasteiger charge is 2.61. The van der Waals surface area contributed by atoms with Crippen LogP contribution in [0.15, 0.2) is 0 Å². The van der Waals surface area contributed by atoms with Crippen LogP contribution < -0.4 is 16.0 Å². The molecular formula is C59H99N3O44. The summed E-state index contributed by atoms with van der Waals surface area (Å²) in [6.45, 7) is -4.32. The van der Waals surface area contributed by atoms with Crippen molar-refractivity contribution in [3.05, 3.63) is 0 Å². The number of carbonyl (C=O) groups excluding carboxylic acids is 3. The number of ether oxygens (including phenoxy) is 17. The molecule has 9 aliphatic heterocycles. The topological polar surface area (TPSA) is 730 Å². The van der Waals surface area contributed by atoms with Crippen LogP contribution in [0, 0.1) is 0 Å². The molecule has 106 heavy (non-hydrogen) atoms. The molecule has 44 atom stereocenters. The Kier molecular flexibility index (Phi) is 30.8. The van der Waals surface area contributed by atoms with E-state index in [4.69, 9.17) is 80.5 Å². The summed E-state index contributed by atoms with van der Waals surface area (Å²) in [5.74, 6) is -2.74. The first-order valence-electron chi connectivity index (χ1n) is 33.9. The summed E-state index contributed by atoms with van der Waals surface area (Å²) in [4.78, 5) is 38.8. The zero-order chi connectivity index (χ0) is 77.9. The smallest absolute Gasteiger partial charge is 0.217 e. The number of hydrogen-bond acceptors (Lipinski definition) is 44. The third-order valence-corrected chi connectivity index (χ3v) is 19.5. The van der Waals surface area contributed by atoms with Crippen molar-refractivity contribution >= 4 is 17.7 Å². The summed E-state index contributed by atoms with van der Waals surface area (Å²) in [5, 5.41) is 272. The summed E-state index contributed by atoms with van der Waals surface area (Å²) < 4.78 is 102. The Hall–Kier alpha value is -3.23. The Labute approximate surface area is 600 Å². The van der Waals surface area contributed by atoms with E-state index in [2.05, 4.69) is 16.0 Å². The summed E-state index contributed by atoms with van der Waals surface area (Å²) >= 11 is 0. The Bertz CT molecular complexity index is 2770. The first-order chi connectivity index (χ1) is 50.1. The van der Waals surface area contributed by atoms with E-state index < -0.39 is 341 Å². The lowest BCUT2D eigenvalue weighted by Gasteiger charge is -2.52. The number of carbonyl (C=O) groups is 3. The van der Waals surface area contributed by atoms with E-state index in [1.807, 2.05) is 0 Å². The molecule has 0 aromatic rings. The maximum absolute atomic E-state index is 13.3. The minimum Gasteiger partial charge on any atom is -0.394 e. The predicted molar refractivity (Wildman–Crippen MR) is 324 cm³/mol. The van der Waals surface area contributed by atoms with Gasteiger partial charge in [0, 0.05) is 20.8 Å². The summed E-state index contributed by atoms with van der Waals surface area (Å²) in [6, 6.07) is -5.63. The fourth-order valence-corrected chi connectivity index (χ4v) is 13.7. The lowest BCUT2D eigenvalue weighted by molar-refractivity contribution is -0.406. The van der Waals surface area contributed by atoms with E-state index in [1.54, 1.807) is 0 Å². The molecule has 47 heteroatoms. The lowest BCUT2D eigenvalue weighted by Crippen LogP contribution is -2.71. The summed E-state index contributed by atoms with van der Waals surface area (Å²) in [6.07, 6.45) is -83.7. The number of aliphatic hydroxyl groups is 24. The van der Waals surface area contributed by atoms with Crippen LogP contribution in [0.2, 0.25) is 0 Å². The molecular weight excluding hydrogens is 1450 g/mol. The first-order valence-corrected chi connectivity index (χ1v) is 33.9. The van der Waals surface area contributed by atoms with Gasteiger partial charge in [-0.25, -0.2) is 0 Å². The molecule has 9 saturated heterocycles. The number of amides is 3. The molecule has 0 radical (unpaired) electrons. The predicted octanol–water partition coefficient (Wildman–Crippen LogP) is -18.5. The van der Waals surface area contributed by atoms with Crippen LogP contribution in [-0.2, 0) is 94.9 Å². The van der Waals surface area contributed by atoms with Crippen molar-refractivity contribution < 1.29 is 217 Å². The minimum absolute atomic E-state index is 0.799. The van der Waals surface area contributed by atoms with Gasteiger partial charge >= 0.3 is 0 Å². The Balaban J connectivity index is 1.07. The van der Waals surface area contributed by atoms with Crippen LogP contribution in [0.1, 0.15) is 27.7 Å². The van der Waals surface area contributed by atoms with E-state index in [0.29, 0.717) is 0 Å². The third kappa shape index (κ3) is 18.8. The normalized spacial score (nSPS) is 50.4. The molecule has 0 aromatic carbocycles. The molecule has 0 spiro atoms. The van der Waals surface area contributed by atoms with Crippen molar-refractivity contribution in [2.24, 2.45) is 0 Å². The standard InChI is InChI=1S/C59H99N3O44/c1-13-28(73)36(81)41(86)55(92-13)103-47-27(62-16(4)71)51(89)93-23(10-68)46(47)102-52-25(60-14(2)69)35(80)45(22(9-67)97-52)101-59-50(106-54-40(85)29(74)17(72)11-90-54)48(104-57-43(88)38(83)31(76)19(6-64)95-57)33(78)24(99-59)12-91-58-49(39(84)32(77)20(7-65)96-58)105-53-26(61-15(3)70)34(79)44(21(8-66)98-53)100-56-42(87)37(82)30(75)18(5-63)94-56/h13,17-59,63-68,72-89H,5-12H2,1-4H3,(H,60,69)(H,61,70)(H,62,71)/t13-,17+,18+,19+,20+,21+,22+,23+,24+,25+,26+,27+,28+,29-,30-,31+,32+,33+,34+,35+,36+,37-,38-,39-,40+,41-,42+,43-,44+,45+,46+,47+,48-,49-,50-,51+,52-,53-,54-,55-,56-,57+,58-,59-/m0/s1. The van der Waals surface area contributed by atoms with Crippen LogP contribution in [0.3, 0.4) is 0 Å². The van der Waals surface area contributed by atoms with Crippen LogP contribution in [-0.4, -0.2) is 463 Å². The molecule has 0 unspecified atom stereocenters. The van der Waals surface area contributed by atoms with E-state index in [9.17, 15) is 137 Å². The van der Waals surface area contributed by atoms with Crippen LogP contribution in [0.5, 0.6) is 0 Å². The second-order valence-electron chi connectivity index (χ2n) is 27.0. The van der Waals surface area contributed by atoms with Gasteiger partial charge in [0.25, 0.3) is 0 Å². The zero-order valence-corrected chi connectivity index (χ0v) is 57.0. The molecule has 0 bridgehead atoms. The molecule has 0 aliphatic carbocycles.